The van der Waals surface area contributed by atoms with Crippen LogP contribution in [0.2, 0.25) is 0 Å². The molecule has 1 saturated heterocycles. The first-order chi connectivity index (χ1) is 21.3. The van der Waals surface area contributed by atoms with Crippen molar-refractivity contribution in [3.8, 4) is 0 Å². The Morgan fingerprint density at radius 2 is 1.93 bits per heavy atom. The molecule has 3 atom stereocenters. The number of carbonyl (C=O) groups excluding carboxylic acids is 2. The highest BCUT2D eigenvalue weighted by molar-refractivity contribution is 7.99. The van der Waals surface area contributed by atoms with E-state index in [1.165, 1.54) is 24.8 Å². The minimum atomic E-state index is -0.912. The van der Waals surface area contributed by atoms with Crippen LogP contribution < -0.4 is 0 Å². The molecular formula is C33H40N2O8S. The highest BCUT2D eigenvalue weighted by Gasteiger charge is 2.43. The van der Waals surface area contributed by atoms with E-state index < -0.39 is 28.7 Å². The predicted molar refractivity (Wildman–Crippen MR) is 168 cm³/mol. The van der Waals surface area contributed by atoms with E-state index in [0.29, 0.717) is 36.4 Å². The SMILES string of the molecule is CCC1=C(C(=O)OCCCSc2ccc(CCOC3CCCCO3)cc2)C(c2cccc([N+](=O)[O-])c2)C(C(=O)OC)C(C)=N1. The van der Waals surface area contributed by atoms with E-state index in [4.69, 9.17) is 18.9 Å². The van der Waals surface area contributed by atoms with Gasteiger partial charge in [-0.1, -0.05) is 31.2 Å². The number of rotatable bonds is 14. The molecule has 0 saturated carbocycles. The summed E-state index contributed by atoms with van der Waals surface area (Å²) in [5, 5.41) is 11.5. The molecule has 2 aliphatic heterocycles. The predicted octanol–water partition coefficient (Wildman–Crippen LogP) is 6.42. The van der Waals surface area contributed by atoms with E-state index in [0.717, 1.165) is 42.9 Å². The second kappa shape index (κ2) is 16.5. The summed E-state index contributed by atoms with van der Waals surface area (Å²) < 4.78 is 22.2. The van der Waals surface area contributed by atoms with Crippen molar-refractivity contribution in [2.24, 2.45) is 10.9 Å². The Labute approximate surface area is 262 Å². The number of esters is 2. The summed E-state index contributed by atoms with van der Waals surface area (Å²) in [6.07, 6.45) is 5.01. The van der Waals surface area contributed by atoms with Gasteiger partial charge in [-0.3, -0.25) is 19.9 Å². The van der Waals surface area contributed by atoms with Gasteiger partial charge in [-0.2, -0.15) is 0 Å². The standard InChI is InChI=1S/C33H40N2O8S/c1-4-27-31(30(29(22(2)34-27)32(36)40-3)24-9-7-10-25(21-24)35(38)39)33(37)43-18-8-20-44-26-14-12-23(13-15-26)16-19-42-28-11-5-6-17-41-28/h7,9-10,12-15,21,28-30H,4-6,8,11,16-20H2,1-3H3. The molecule has 1 fully saturated rings. The number of nitrogens with zero attached hydrogens (tertiary/aromatic N) is 2. The molecule has 0 aromatic heterocycles. The summed E-state index contributed by atoms with van der Waals surface area (Å²) in [7, 11) is 1.27. The van der Waals surface area contributed by atoms with E-state index in [1.807, 2.05) is 6.92 Å². The number of ether oxygens (including phenoxy) is 4. The Morgan fingerprint density at radius 1 is 1.14 bits per heavy atom. The van der Waals surface area contributed by atoms with Crippen LogP contribution >= 0.6 is 11.8 Å². The summed E-state index contributed by atoms with van der Waals surface area (Å²) >= 11 is 1.68. The molecule has 0 spiro atoms. The third-order valence-electron chi connectivity index (χ3n) is 7.71. The smallest absolute Gasteiger partial charge is 0.336 e. The molecule has 0 N–H and O–H groups in total. The fourth-order valence-corrected chi connectivity index (χ4v) is 6.29. The lowest BCUT2D eigenvalue weighted by molar-refractivity contribution is -0.384. The van der Waals surface area contributed by atoms with Gasteiger partial charge in [0.1, 0.15) is 5.92 Å². The van der Waals surface area contributed by atoms with Crippen LogP contribution in [0.25, 0.3) is 0 Å². The molecule has 2 heterocycles. The zero-order valence-electron chi connectivity index (χ0n) is 25.5. The number of benzene rings is 2. The van der Waals surface area contributed by atoms with Gasteiger partial charge < -0.3 is 18.9 Å². The average Bonchev–Trinajstić information content (AvgIpc) is 3.04. The number of hydrogen-bond donors (Lipinski definition) is 0. The molecule has 10 nitrogen and oxygen atoms in total. The molecule has 0 bridgehead atoms. The van der Waals surface area contributed by atoms with Crippen molar-refractivity contribution < 1.29 is 33.5 Å². The summed E-state index contributed by atoms with van der Waals surface area (Å²) in [4.78, 5) is 43.1. The van der Waals surface area contributed by atoms with Gasteiger partial charge in [0.05, 0.1) is 36.5 Å². The number of aliphatic imine (C=N–C) groups is 1. The molecule has 44 heavy (non-hydrogen) atoms. The Hall–Kier alpha value is -3.54. The van der Waals surface area contributed by atoms with Gasteiger partial charge in [0.15, 0.2) is 6.29 Å². The lowest BCUT2D eigenvalue weighted by atomic mass is 9.75. The van der Waals surface area contributed by atoms with Crippen molar-refractivity contribution in [3.05, 3.63) is 81.0 Å². The number of hydrogen-bond acceptors (Lipinski definition) is 10. The number of carbonyl (C=O) groups is 2. The lowest BCUT2D eigenvalue weighted by Gasteiger charge is -2.31. The first-order valence-electron chi connectivity index (χ1n) is 15.0. The van der Waals surface area contributed by atoms with Gasteiger partial charge in [0.2, 0.25) is 0 Å². The number of thioether (sulfide) groups is 1. The maximum absolute atomic E-state index is 13.5. The van der Waals surface area contributed by atoms with Crippen molar-refractivity contribution in [1.29, 1.82) is 0 Å². The second-order valence-electron chi connectivity index (χ2n) is 10.7. The molecule has 4 rings (SSSR count). The third kappa shape index (κ3) is 8.77. The largest absolute Gasteiger partial charge is 0.468 e. The first-order valence-corrected chi connectivity index (χ1v) is 16.0. The van der Waals surface area contributed by atoms with Crippen molar-refractivity contribution in [1.82, 2.24) is 0 Å². The quantitative estimate of drug-likeness (QED) is 0.0769. The highest BCUT2D eigenvalue weighted by Crippen LogP contribution is 2.41. The van der Waals surface area contributed by atoms with Crippen LogP contribution in [-0.2, 0) is 35.0 Å². The van der Waals surface area contributed by atoms with Crippen molar-refractivity contribution >= 4 is 35.1 Å². The van der Waals surface area contributed by atoms with Gasteiger partial charge in [-0.15, -0.1) is 11.8 Å². The molecule has 2 aromatic carbocycles. The summed E-state index contributed by atoms with van der Waals surface area (Å²) in [5.74, 6) is -2.15. The molecular weight excluding hydrogens is 584 g/mol. The number of nitro groups is 1. The maximum Gasteiger partial charge on any atom is 0.336 e. The monoisotopic (exact) mass is 624 g/mol. The van der Waals surface area contributed by atoms with Crippen LogP contribution in [0.4, 0.5) is 5.69 Å². The van der Waals surface area contributed by atoms with Gasteiger partial charge in [-0.05, 0) is 68.7 Å². The van der Waals surface area contributed by atoms with Crippen LogP contribution in [0.15, 0.2) is 69.7 Å². The third-order valence-corrected chi connectivity index (χ3v) is 8.81. The van der Waals surface area contributed by atoms with E-state index in [-0.39, 0.29) is 24.2 Å². The van der Waals surface area contributed by atoms with Gasteiger partial charge >= 0.3 is 11.9 Å². The lowest BCUT2D eigenvalue weighted by Crippen LogP contribution is -2.36. The fraction of sp³-hybridized carbons (Fsp3) is 0.485. The molecule has 11 heteroatoms. The number of non-ortho nitro benzene ring substituents is 1. The van der Waals surface area contributed by atoms with E-state index in [1.54, 1.807) is 30.8 Å². The summed E-state index contributed by atoms with van der Waals surface area (Å²) in [6, 6.07) is 14.3. The minimum absolute atomic E-state index is 0.0765. The Kier molecular flexibility index (Phi) is 12.5. The zero-order chi connectivity index (χ0) is 31.5. The normalized spacial score (nSPS) is 20.2. The maximum atomic E-state index is 13.5. The molecule has 0 amide bonds. The van der Waals surface area contributed by atoms with E-state index in [2.05, 4.69) is 29.3 Å². The van der Waals surface area contributed by atoms with Gasteiger partial charge in [0, 0.05) is 41.0 Å². The van der Waals surface area contributed by atoms with Crippen LogP contribution in [0, 0.1) is 16.0 Å². The average molecular weight is 625 g/mol. The van der Waals surface area contributed by atoms with Crippen molar-refractivity contribution in [2.75, 3.05) is 32.7 Å². The number of allylic oxidation sites excluding steroid dienone is 1. The Morgan fingerprint density at radius 3 is 2.61 bits per heavy atom. The summed E-state index contributed by atoms with van der Waals surface area (Å²) in [5.41, 5.74) is 2.73. The molecule has 2 aromatic rings. The van der Waals surface area contributed by atoms with Crippen LogP contribution in [-0.4, -0.2) is 61.5 Å². The molecule has 236 valence electrons. The van der Waals surface area contributed by atoms with Crippen LogP contribution in [0.1, 0.15) is 63.0 Å². The fourth-order valence-electron chi connectivity index (χ4n) is 5.46. The second-order valence-corrected chi connectivity index (χ2v) is 11.9. The van der Waals surface area contributed by atoms with Crippen LogP contribution in [0.3, 0.4) is 0 Å². The zero-order valence-corrected chi connectivity index (χ0v) is 26.3. The van der Waals surface area contributed by atoms with Gasteiger partial charge in [0.25, 0.3) is 5.69 Å². The number of methoxy groups -OCH3 is 1. The number of nitro benzene ring substituents is 1. The van der Waals surface area contributed by atoms with E-state index >= 15 is 0 Å². The van der Waals surface area contributed by atoms with Crippen molar-refractivity contribution in [3.63, 3.8) is 0 Å². The molecule has 0 aliphatic carbocycles. The minimum Gasteiger partial charge on any atom is -0.468 e. The van der Waals surface area contributed by atoms with Crippen molar-refractivity contribution in [2.45, 2.75) is 69.5 Å². The van der Waals surface area contributed by atoms with Crippen LogP contribution in [0.5, 0.6) is 0 Å². The molecule has 0 radical (unpaired) electrons. The first kappa shape index (κ1) is 33.4. The topological polar surface area (TPSA) is 127 Å². The molecule has 3 unspecified atom stereocenters. The molecule has 2 aliphatic rings. The van der Waals surface area contributed by atoms with Gasteiger partial charge in [-0.25, -0.2) is 4.79 Å². The highest BCUT2D eigenvalue weighted by atomic mass is 32.2. The Balaban J connectivity index is 1.34. The van der Waals surface area contributed by atoms with E-state index in [9.17, 15) is 19.7 Å². The Bertz CT molecular complexity index is 1370. The summed E-state index contributed by atoms with van der Waals surface area (Å²) in [6.45, 7) is 5.15.